The first kappa shape index (κ1) is 12.0. The first-order chi connectivity index (χ1) is 5.56. The molecule has 0 fully saturated rings. The Morgan fingerprint density at radius 2 is 1.67 bits per heavy atom. The van der Waals surface area contributed by atoms with Crippen molar-refractivity contribution in [3.05, 3.63) is 12.2 Å². The lowest BCUT2D eigenvalue weighted by molar-refractivity contribution is 0.722. The summed E-state index contributed by atoms with van der Waals surface area (Å²) in [6.07, 6.45) is 9.96. The van der Waals surface area contributed by atoms with Crippen molar-refractivity contribution in [1.29, 1.82) is 0 Å². The molecule has 72 valence electrons. The fourth-order valence-corrected chi connectivity index (χ4v) is 2.57. The van der Waals surface area contributed by atoms with Crippen molar-refractivity contribution in [2.75, 3.05) is 0 Å². The average molecular weight is 184 g/mol. The molecule has 0 aromatic carbocycles. The van der Waals surface area contributed by atoms with Crippen LogP contribution in [0, 0.1) is 0 Å². The predicted molar refractivity (Wildman–Crippen MR) is 61.4 cm³/mol. The Kier molecular flexibility index (Phi) is 6.45. The van der Waals surface area contributed by atoms with E-state index in [4.69, 9.17) is 0 Å². The van der Waals surface area contributed by atoms with Crippen LogP contribution in [0.1, 0.15) is 32.6 Å². The van der Waals surface area contributed by atoms with Gasteiger partial charge in [0.15, 0.2) is 0 Å². The van der Waals surface area contributed by atoms with Crippen LogP contribution in [-0.2, 0) is 0 Å². The molecule has 0 atom stereocenters. The fraction of sp³-hybridized carbons (Fsp3) is 0.818. The molecule has 0 radical (unpaired) electrons. The van der Waals surface area contributed by atoms with E-state index < -0.39 is 8.07 Å². The van der Waals surface area contributed by atoms with Crippen molar-refractivity contribution in [3.63, 3.8) is 0 Å². The number of allylic oxidation sites excluding steroid dienone is 2. The van der Waals surface area contributed by atoms with E-state index in [0.717, 1.165) is 0 Å². The third-order valence-corrected chi connectivity index (χ3v) is 3.89. The van der Waals surface area contributed by atoms with Gasteiger partial charge in [-0.2, -0.15) is 0 Å². The van der Waals surface area contributed by atoms with Gasteiger partial charge < -0.3 is 0 Å². The van der Waals surface area contributed by atoms with E-state index in [1.807, 2.05) is 0 Å². The van der Waals surface area contributed by atoms with Crippen molar-refractivity contribution in [1.82, 2.24) is 0 Å². The molecule has 0 heterocycles. The van der Waals surface area contributed by atoms with Crippen LogP contribution >= 0.6 is 0 Å². The van der Waals surface area contributed by atoms with Crippen molar-refractivity contribution in [2.45, 2.75) is 58.3 Å². The summed E-state index contributed by atoms with van der Waals surface area (Å²) >= 11 is 0. The topological polar surface area (TPSA) is 0 Å². The Balaban J connectivity index is 3.11. The summed E-state index contributed by atoms with van der Waals surface area (Å²) in [6, 6.07) is 1.50. The molecule has 0 aliphatic rings. The molecule has 0 unspecified atom stereocenters. The summed E-state index contributed by atoms with van der Waals surface area (Å²) in [5.74, 6) is 0. The van der Waals surface area contributed by atoms with Crippen LogP contribution in [0.2, 0.25) is 25.7 Å². The summed E-state index contributed by atoms with van der Waals surface area (Å²) < 4.78 is 0. The van der Waals surface area contributed by atoms with Gasteiger partial charge in [0.25, 0.3) is 0 Å². The molecule has 0 spiro atoms. The molecule has 0 bridgehead atoms. The van der Waals surface area contributed by atoms with E-state index in [2.05, 4.69) is 38.7 Å². The van der Waals surface area contributed by atoms with Crippen LogP contribution < -0.4 is 0 Å². The van der Waals surface area contributed by atoms with Crippen LogP contribution in [0.3, 0.4) is 0 Å². The lowest BCUT2D eigenvalue weighted by atomic mass is 10.2. The van der Waals surface area contributed by atoms with Gasteiger partial charge in [-0.15, -0.1) is 0 Å². The van der Waals surface area contributed by atoms with Gasteiger partial charge in [0, 0.05) is 8.07 Å². The minimum atomic E-state index is -0.744. The molecule has 0 saturated heterocycles. The highest BCUT2D eigenvalue weighted by molar-refractivity contribution is 6.76. The molecule has 1 heteroatoms. The summed E-state index contributed by atoms with van der Waals surface area (Å²) in [6.45, 7) is 9.47. The van der Waals surface area contributed by atoms with E-state index in [-0.39, 0.29) is 0 Å². The zero-order valence-corrected chi connectivity index (χ0v) is 10.2. The summed E-state index contributed by atoms with van der Waals surface area (Å²) in [7, 11) is -0.744. The molecule has 0 aromatic rings. The van der Waals surface area contributed by atoms with Crippen molar-refractivity contribution >= 4 is 8.07 Å². The second-order valence-electron chi connectivity index (χ2n) is 4.73. The van der Waals surface area contributed by atoms with Gasteiger partial charge in [0.05, 0.1) is 0 Å². The SMILES string of the molecule is CC=CCCCCC[Si](C)(C)C. The predicted octanol–water partition coefficient (Wildman–Crippen LogP) is 4.46. The van der Waals surface area contributed by atoms with E-state index >= 15 is 0 Å². The highest BCUT2D eigenvalue weighted by Crippen LogP contribution is 2.14. The Bertz CT molecular complexity index is 119. The Labute approximate surface area is 79.1 Å². The molecule has 0 amide bonds. The summed E-state index contributed by atoms with van der Waals surface area (Å²) in [5.41, 5.74) is 0. The molecule has 0 nitrogen and oxygen atoms in total. The van der Waals surface area contributed by atoms with Crippen LogP contribution in [0.4, 0.5) is 0 Å². The van der Waals surface area contributed by atoms with Gasteiger partial charge in [-0.1, -0.05) is 50.7 Å². The largest absolute Gasteiger partial charge is 0.0917 e. The van der Waals surface area contributed by atoms with Gasteiger partial charge in [0.2, 0.25) is 0 Å². The van der Waals surface area contributed by atoms with Crippen LogP contribution in [0.25, 0.3) is 0 Å². The molecule has 12 heavy (non-hydrogen) atoms. The third kappa shape index (κ3) is 9.96. The van der Waals surface area contributed by atoms with Crippen molar-refractivity contribution in [2.24, 2.45) is 0 Å². The van der Waals surface area contributed by atoms with Gasteiger partial charge in [-0.25, -0.2) is 0 Å². The van der Waals surface area contributed by atoms with E-state index in [9.17, 15) is 0 Å². The first-order valence-electron chi connectivity index (χ1n) is 5.17. The van der Waals surface area contributed by atoms with E-state index in [0.29, 0.717) is 0 Å². The normalized spacial score (nSPS) is 12.7. The van der Waals surface area contributed by atoms with Crippen molar-refractivity contribution in [3.8, 4) is 0 Å². The maximum Gasteiger partial charge on any atom is 0.0442 e. The summed E-state index contributed by atoms with van der Waals surface area (Å²) in [4.78, 5) is 0. The number of hydrogen-bond donors (Lipinski definition) is 0. The lowest BCUT2D eigenvalue weighted by Gasteiger charge is -2.14. The number of unbranched alkanes of at least 4 members (excludes halogenated alkanes) is 3. The minimum Gasteiger partial charge on any atom is -0.0917 e. The second kappa shape index (κ2) is 6.47. The second-order valence-corrected chi connectivity index (χ2v) is 10.4. The highest BCUT2D eigenvalue weighted by atomic mass is 28.3. The van der Waals surface area contributed by atoms with Crippen LogP contribution in [0.5, 0.6) is 0 Å². The van der Waals surface area contributed by atoms with E-state index in [1.165, 1.54) is 31.7 Å². The number of rotatable bonds is 6. The van der Waals surface area contributed by atoms with Crippen LogP contribution in [0.15, 0.2) is 12.2 Å². The average Bonchev–Trinajstić information content (AvgIpc) is 1.94. The molecular formula is C11H24Si. The van der Waals surface area contributed by atoms with Crippen molar-refractivity contribution < 1.29 is 0 Å². The molecule has 0 saturated carbocycles. The third-order valence-electron chi connectivity index (χ3n) is 2.03. The first-order valence-corrected chi connectivity index (χ1v) is 8.88. The molecule has 0 aromatic heterocycles. The molecule has 0 rings (SSSR count). The smallest absolute Gasteiger partial charge is 0.0442 e. The van der Waals surface area contributed by atoms with Crippen LogP contribution in [-0.4, -0.2) is 8.07 Å². The highest BCUT2D eigenvalue weighted by Gasteiger charge is 2.10. The molecule has 0 N–H and O–H groups in total. The van der Waals surface area contributed by atoms with Gasteiger partial charge in [-0.3, -0.25) is 0 Å². The fourth-order valence-electron chi connectivity index (χ4n) is 1.26. The molecule has 0 aliphatic carbocycles. The Hall–Kier alpha value is -0.0431. The maximum absolute atomic E-state index is 2.46. The zero-order valence-electron chi connectivity index (χ0n) is 9.19. The number of hydrogen-bond acceptors (Lipinski definition) is 0. The van der Waals surface area contributed by atoms with Gasteiger partial charge in [-0.05, 0) is 19.8 Å². The Morgan fingerprint density at radius 3 is 2.17 bits per heavy atom. The van der Waals surface area contributed by atoms with Gasteiger partial charge >= 0.3 is 0 Å². The lowest BCUT2D eigenvalue weighted by Crippen LogP contribution is -2.18. The zero-order chi connectivity index (χ0) is 9.45. The summed E-state index contributed by atoms with van der Waals surface area (Å²) in [5, 5.41) is 0. The molecular weight excluding hydrogens is 160 g/mol. The van der Waals surface area contributed by atoms with E-state index in [1.54, 1.807) is 0 Å². The molecule has 0 aliphatic heterocycles. The maximum atomic E-state index is 2.46. The standard InChI is InChI=1S/C11H24Si/c1-5-6-7-8-9-10-11-12(2,3)4/h5-6H,7-11H2,1-4H3. The van der Waals surface area contributed by atoms with Gasteiger partial charge in [0.1, 0.15) is 0 Å². The quantitative estimate of drug-likeness (QED) is 0.325. The Morgan fingerprint density at radius 1 is 1.00 bits per heavy atom. The monoisotopic (exact) mass is 184 g/mol. The minimum absolute atomic E-state index is 0.744.